The molecule has 1 amide bonds. The molecule has 1 unspecified atom stereocenters. The minimum absolute atomic E-state index is 0.00784. The third-order valence-corrected chi connectivity index (χ3v) is 10.6. The Kier molecular flexibility index (Phi) is 11.9. The van der Waals surface area contributed by atoms with Crippen LogP contribution in [0.15, 0.2) is 96.2 Å². The summed E-state index contributed by atoms with van der Waals surface area (Å²) in [4.78, 5) is 16.6. The number of hydrogen-bond donors (Lipinski definition) is 2. The molecule has 0 aliphatic rings. The molecule has 0 fully saturated rings. The van der Waals surface area contributed by atoms with Gasteiger partial charge in [0.2, 0.25) is 15.9 Å². The SMILES string of the molecule is Cc1c(Cl)cccc1S(=O)(=O)N(CCCC(=O)NCCS(=O)(=O)O)C(C)c1cccc(-c2ccncc2OCc2ccccc2)c1. The molecule has 0 saturated heterocycles. The van der Waals surface area contributed by atoms with Crippen LogP contribution in [0.4, 0.5) is 0 Å². The van der Waals surface area contributed by atoms with E-state index in [1.807, 2.05) is 60.7 Å². The van der Waals surface area contributed by atoms with Gasteiger partial charge in [-0.2, -0.15) is 12.7 Å². The van der Waals surface area contributed by atoms with Crippen LogP contribution in [0.25, 0.3) is 11.1 Å². The topological polar surface area (TPSA) is 143 Å². The van der Waals surface area contributed by atoms with E-state index in [4.69, 9.17) is 20.9 Å². The van der Waals surface area contributed by atoms with Crippen molar-refractivity contribution in [2.45, 2.75) is 44.2 Å². The van der Waals surface area contributed by atoms with Crippen molar-refractivity contribution in [2.24, 2.45) is 0 Å². The van der Waals surface area contributed by atoms with Crippen molar-refractivity contribution in [3.05, 3.63) is 113 Å². The van der Waals surface area contributed by atoms with Gasteiger partial charge in [0, 0.05) is 42.3 Å². The number of benzene rings is 3. The van der Waals surface area contributed by atoms with E-state index in [-0.39, 0.29) is 30.8 Å². The number of aromatic nitrogens is 1. The van der Waals surface area contributed by atoms with E-state index in [0.29, 0.717) is 28.5 Å². The molecule has 4 aromatic rings. The Labute approximate surface area is 275 Å². The van der Waals surface area contributed by atoms with Gasteiger partial charge in [-0.1, -0.05) is 66.2 Å². The Balaban J connectivity index is 1.60. The summed E-state index contributed by atoms with van der Waals surface area (Å²) in [5.74, 6) is -0.498. The Hall–Kier alpha value is -3.81. The maximum atomic E-state index is 14.2. The number of carbonyl (C=O) groups is 1. The highest BCUT2D eigenvalue weighted by molar-refractivity contribution is 7.89. The van der Waals surface area contributed by atoms with Gasteiger partial charge in [-0.05, 0) is 66.8 Å². The second-order valence-electron chi connectivity index (χ2n) is 10.7. The summed E-state index contributed by atoms with van der Waals surface area (Å²) in [6.45, 7) is 3.51. The average molecular weight is 686 g/mol. The third kappa shape index (κ3) is 9.36. The lowest BCUT2D eigenvalue weighted by Gasteiger charge is -2.30. The highest BCUT2D eigenvalue weighted by atomic mass is 35.5. The minimum atomic E-state index is -4.22. The molecule has 13 heteroatoms. The zero-order valence-corrected chi connectivity index (χ0v) is 27.9. The molecule has 0 aliphatic heterocycles. The fourth-order valence-corrected chi connectivity index (χ4v) is 7.42. The van der Waals surface area contributed by atoms with E-state index in [9.17, 15) is 21.6 Å². The molecule has 3 aromatic carbocycles. The number of nitrogens with zero attached hydrogens (tertiary/aromatic N) is 2. The average Bonchev–Trinajstić information content (AvgIpc) is 3.03. The smallest absolute Gasteiger partial charge is 0.266 e. The van der Waals surface area contributed by atoms with E-state index in [2.05, 4.69) is 10.3 Å². The number of nitrogens with one attached hydrogen (secondary N) is 1. The fourth-order valence-electron chi connectivity index (χ4n) is 4.92. The fraction of sp³-hybridized carbons (Fsp3) is 0.273. The summed E-state index contributed by atoms with van der Waals surface area (Å²) in [7, 11) is -8.31. The van der Waals surface area contributed by atoms with Crippen LogP contribution in [0.5, 0.6) is 5.75 Å². The first kappa shape index (κ1) is 35.1. The number of sulfonamides is 1. The molecule has 46 heavy (non-hydrogen) atoms. The van der Waals surface area contributed by atoms with Crippen molar-refractivity contribution >= 4 is 37.6 Å². The number of carbonyl (C=O) groups excluding carboxylic acids is 1. The van der Waals surface area contributed by atoms with Gasteiger partial charge in [-0.15, -0.1) is 0 Å². The van der Waals surface area contributed by atoms with Gasteiger partial charge in [0.15, 0.2) is 0 Å². The van der Waals surface area contributed by atoms with E-state index >= 15 is 0 Å². The molecule has 244 valence electrons. The second-order valence-corrected chi connectivity index (χ2v) is 14.5. The monoisotopic (exact) mass is 685 g/mol. The van der Waals surface area contributed by atoms with Crippen LogP contribution in [0.1, 0.15) is 42.5 Å². The summed E-state index contributed by atoms with van der Waals surface area (Å²) in [6.07, 6.45) is 3.41. The van der Waals surface area contributed by atoms with Crippen LogP contribution in [0.2, 0.25) is 5.02 Å². The first-order chi connectivity index (χ1) is 21.9. The van der Waals surface area contributed by atoms with Gasteiger partial charge in [-0.3, -0.25) is 14.3 Å². The predicted molar refractivity (Wildman–Crippen MR) is 178 cm³/mol. The van der Waals surface area contributed by atoms with Crippen molar-refractivity contribution < 1.29 is 30.9 Å². The van der Waals surface area contributed by atoms with Crippen LogP contribution in [-0.4, -0.2) is 55.4 Å². The van der Waals surface area contributed by atoms with Crippen LogP contribution < -0.4 is 10.1 Å². The van der Waals surface area contributed by atoms with Crippen molar-refractivity contribution in [1.82, 2.24) is 14.6 Å². The first-order valence-corrected chi connectivity index (χ1v) is 18.0. The van der Waals surface area contributed by atoms with Gasteiger partial charge in [-0.25, -0.2) is 8.42 Å². The summed E-state index contributed by atoms with van der Waals surface area (Å²) >= 11 is 6.30. The van der Waals surface area contributed by atoms with Crippen LogP contribution >= 0.6 is 11.6 Å². The molecule has 2 N–H and O–H groups in total. The lowest BCUT2D eigenvalue weighted by molar-refractivity contribution is -0.121. The molecule has 0 aliphatic carbocycles. The molecule has 0 saturated carbocycles. The Morgan fingerprint density at radius 3 is 2.50 bits per heavy atom. The first-order valence-electron chi connectivity index (χ1n) is 14.6. The Bertz CT molecular complexity index is 1870. The van der Waals surface area contributed by atoms with Gasteiger partial charge >= 0.3 is 0 Å². The normalized spacial score (nSPS) is 12.5. The summed E-state index contributed by atoms with van der Waals surface area (Å²) in [6, 6.07) is 23.2. The largest absolute Gasteiger partial charge is 0.487 e. The standard InChI is InChI=1S/C33H36ClN3O7S2/c1-24-30(34)13-7-14-32(24)46(42,43)37(19-8-15-33(38)36-18-20-45(39,40)41)25(2)27-11-6-12-28(21-27)29-16-17-35-22-31(29)44-23-26-9-4-3-5-10-26/h3-7,9-14,16-17,21-22,25H,8,15,18-20,23H2,1-2H3,(H,36,38)(H,39,40,41). The molecule has 1 atom stereocenters. The van der Waals surface area contributed by atoms with E-state index in [1.54, 1.807) is 38.4 Å². The zero-order chi connectivity index (χ0) is 33.3. The van der Waals surface area contributed by atoms with Gasteiger partial charge in [0.25, 0.3) is 10.1 Å². The number of amides is 1. The zero-order valence-electron chi connectivity index (χ0n) is 25.5. The lowest BCUT2D eigenvalue weighted by atomic mass is 10.00. The van der Waals surface area contributed by atoms with Gasteiger partial charge in [0.05, 0.1) is 16.8 Å². The molecule has 4 rings (SSSR count). The number of hydrogen-bond acceptors (Lipinski definition) is 7. The molecule has 1 aromatic heterocycles. The molecule has 0 bridgehead atoms. The van der Waals surface area contributed by atoms with E-state index in [1.165, 1.54) is 10.4 Å². The van der Waals surface area contributed by atoms with Crippen molar-refractivity contribution in [2.75, 3.05) is 18.8 Å². The second kappa shape index (κ2) is 15.7. The number of pyridine rings is 1. The maximum absolute atomic E-state index is 14.2. The summed E-state index contributed by atoms with van der Waals surface area (Å²) in [5, 5.41) is 2.75. The quantitative estimate of drug-likeness (QED) is 0.149. The van der Waals surface area contributed by atoms with Crippen LogP contribution in [0, 0.1) is 6.92 Å². The number of rotatable bonds is 15. The highest BCUT2D eigenvalue weighted by Crippen LogP contribution is 2.35. The van der Waals surface area contributed by atoms with Crippen LogP contribution in [-0.2, 0) is 31.5 Å². The van der Waals surface area contributed by atoms with Crippen molar-refractivity contribution in [3.8, 4) is 16.9 Å². The minimum Gasteiger partial charge on any atom is -0.487 e. The number of ether oxygens (including phenoxy) is 1. The van der Waals surface area contributed by atoms with Crippen molar-refractivity contribution in [3.63, 3.8) is 0 Å². The van der Waals surface area contributed by atoms with Gasteiger partial charge in [0.1, 0.15) is 12.4 Å². The number of halogens is 1. The summed E-state index contributed by atoms with van der Waals surface area (Å²) in [5.41, 5.74) is 3.73. The predicted octanol–water partition coefficient (Wildman–Crippen LogP) is 5.83. The van der Waals surface area contributed by atoms with E-state index in [0.717, 1.165) is 16.7 Å². The Morgan fingerprint density at radius 2 is 1.76 bits per heavy atom. The maximum Gasteiger partial charge on any atom is 0.266 e. The third-order valence-electron chi connectivity index (χ3n) is 7.40. The molecule has 1 heterocycles. The molecule has 0 radical (unpaired) electrons. The summed E-state index contributed by atoms with van der Waals surface area (Å²) < 4.78 is 66.6. The van der Waals surface area contributed by atoms with Gasteiger partial charge < -0.3 is 10.1 Å². The molecular formula is C33H36ClN3O7S2. The van der Waals surface area contributed by atoms with E-state index < -0.39 is 37.8 Å². The molecule has 10 nitrogen and oxygen atoms in total. The van der Waals surface area contributed by atoms with Crippen LogP contribution in [0.3, 0.4) is 0 Å². The van der Waals surface area contributed by atoms with Crippen molar-refractivity contribution in [1.29, 1.82) is 0 Å². The molecular weight excluding hydrogens is 650 g/mol. The highest BCUT2D eigenvalue weighted by Gasteiger charge is 2.31. The molecule has 0 spiro atoms. The lowest BCUT2D eigenvalue weighted by Crippen LogP contribution is -2.36. The Morgan fingerprint density at radius 1 is 1.02 bits per heavy atom.